The van der Waals surface area contributed by atoms with Gasteiger partial charge in [0, 0.05) is 19.3 Å². The van der Waals surface area contributed by atoms with Crippen molar-refractivity contribution >= 4 is 0 Å². The molecule has 0 spiro atoms. The number of aryl methyl sites for hydroxylation is 1. The summed E-state index contributed by atoms with van der Waals surface area (Å²) in [4.78, 5) is 0. The van der Waals surface area contributed by atoms with Gasteiger partial charge in [0.1, 0.15) is 11.6 Å². The fourth-order valence-corrected chi connectivity index (χ4v) is 1.75. The lowest BCUT2D eigenvalue weighted by Crippen LogP contribution is -2.30. The summed E-state index contributed by atoms with van der Waals surface area (Å²) in [6.45, 7) is 2.84. The van der Waals surface area contributed by atoms with Crippen LogP contribution in [0.1, 0.15) is 23.6 Å². The first kappa shape index (κ1) is 16.0. The van der Waals surface area contributed by atoms with Crippen LogP contribution in [-0.2, 0) is 9.47 Å². The lowest BCUT2D eigenvalue weighted by molar-refractivity contribution is 0.0654. The minimum atomic E-state index is -0.623. The summed E-state index contributed by atoms with van der Waals surface area (Å²) in [6.07, 6.45) is 0.373. The van der Waals surface area contributed by atoms with Crippen LogP contribution < -0.4 is 11.3 Å². The highest BCUT2D eigenvalue weighted by Gasteiger charge is 2.20. The van der Waals surface area contributed by atoms with Crippen molar-refractivity contribution in [2.24, 2.45) is 5.84 Å². The van der Waals surface area contributed by atoms with E-state index in [2.05, 4.69) is 5.43 Å². The van der Waals surface area contributed by atoms with Crippen molar-refractivity contribution in [3.05, 3.63) is 34.9 Å². The zero-order valence-corrected chi connectivity index (χ0v) is 11.2. The zero-order chi connectivity index (χ0) is 14.3. The topological polar surface area (TPSA) is 56.5 Å². The maximum atomic E-state index is 13.9. The minimum absolute atomic E-state index is 0.0437. The third-order valence-corrected chi connectivity index (χ3v) is 2.85. The van der Waals surface area contributed by atoms with Crippen LogP contribution in [0.4, 0.5) is 8.78 Å². The second-order valence-corrected chi connectivity index (χ2v) is 4.21. The number of hydrogen-bond acceptors (Lipinski definition) is 4. The molecule has 1 unspecified atom stereocenters. The molecule has 6 heteroatoms. The quantitative estimate of drug-likeness (QED) is 0.431. The molecule has 0 aliphatic heterocycles. The molecule has 108 valence electrons. The second kappa shape index (κ2) is 8.16. The van der Waals surface area contributed by atoms with E-state index in [1.807, 2.05) is 0 Å². The van der Waals surface area contributed by atoms with Gasteiger partial charge in [0.25, 0.3) is 0 Å². The summed E-state index contributed by atoms with van der Waals surface area (Å²) in [7, 11) is 1.57. The number of ether oxygens (including phenoxy) is 2. The van der Waals surface area contributed by atoms with E-state index in [9.17, 15) is 8.78 Å². The maximum Gasteiger partial charge on any atom is 0.133 e. The average molecular weight is 274 g/mol. The van der Waals surface area contributed by atoms with E-state index in [1.54, 1.807) is 14.0 Å². The Morgan fingerprint density at radius 3 is 2.63 bits per heavy atom. The van der Waals surface area contributed by atoms with Crippen molar-refractivity contribution in [2.45, 2.75) is 19.4 Å². The van der Waals surface area contributed by atoms with E-state index < -0.39 is 17.7 Å². The molecule has 3 N–H and O–H groups in total. The molecule has 4 nitrogen and oxygen atoms in total. The molecule has 0 aliphatic carbocycles. The Morgan fingerprint density at radius 2 is 2.00 bits per heavy atom. The number of benzene rings is 1. The van der Waals surface area contributed by atoms with Crippen LogP contribution in [-0.4, -0.2) is 26.9 Å². The molecular formula is C13H20F2N2O2. The summed E-state index contributed by atoms with van der Waals surface area (Å²) in [5, 5.41) is 0. The Labute approximate surface area is 111 Å². The van der Waals surface area contributed by atoms with Crippen LogP contribution in [0.25, 0.3) is 0 Å². The van der Waals surface area contributed by atoms with Gasteiger partial charge in [-0.25, -0.2) is 8.78 Å². The maximum absolute atomic E-state index is 13.9. The first-order chi connectivity index (χ1) is 9.11. The molecule has 0 heterocycles. The summed E-state index contributed by atoms with van der Waals surface area (Å²) >= 11 is 0. The molecule has 0 saturated carbocycles. The predicted octanol–water partition coefficient (Wildman–Crippen LogP) is 1.83. The summed E-state index contributed by atoms with van der Waals surface area (Å²) < 4.78 is 37.7. The van der Waals surface area contributed by atoms with Crippen LogP contribution >= 0.6 is 0 Å². The van der Waals surface area contributed by atoms with Gasteiger partial charge in [-0.2, -0.15) is 0 Å². The lowest BCUT2D eigenvalue weighted by atomic mass is 10.0. The van der Waals surface area contributed by atoms with Crippen molar-refractivity contribution in [1.29, 1.82) is 0 Å². The molecule has 0 amide bonds. The van der Waals surface area contributed by atoms with E-state index in [4.69, 9.17) is 15.3 Å². The van der Waals surface area contributed by atoms with Crippen LogP contribution in [0.5, 0.6) is 0 Å². The minimum Gasteiger partial charge on any atom is -0.382 e. The molecule has 0 fully saturated rings. The first-order valence-electron chi connectivity index (χ1n) is 6.09. The fraction of sp³-hybridized carbons (Fsp3) is 0.538. The van der Waals surface area contributed by atoms with E-state index in [0.717, 1.165) is 0 Å². The Hall–Kier alpha value is -1.08. The van der Waals surface area contributed by atoms with Gasteiger partial charge in [-0.1, -0.05) is 6.07 Å². The standard InChI is InChI=1S/C13H20F2N2O2/c1-9-3-4-10(14)12(13(9)15)11(17-16)5-6-19-8-7-18-2/h3-4,11,17H,5-8,16H2,1-2H3. The van der Waals surface area contributed by atoms with Gasteiger partial charge in [-0.05, 0) is 25.0 Å². The Morgan fingerprint density at radius 1 is 1.26 bits per heavy atom. The van der Waals surface area contributed by atoms with Crippen LogP contribution in [0, 0.1) is 18.6 Å². The number of methoxy groups -OCH3 is 1. The highest BCUT2D eigenvalue weighted by molar-refractivity contribution is 5.29. The number of nitrogens with one attached hydrogen (secondary N) is 1. The third kappa shape index (κ3) is 4.50. The molecule has 0 radical (unpaired) electrons. The predicted molar refractivity (Wildman–Crippen MR) is 68.5 cm³/mol. The lowest BCUT2D eigenvalue weighted by Gasteiger charge is -2.18. The normalized spacial score (nSPS) is 12.7. The smallest absolute Gasteiger partial charge is 0.133 e. The van der Waals surface area contributed by atoms with E-state index in [-0.39, 0.29) is 5.56 Å². The Kier molecular flexibility index (Phi) is 6.86. The highest BCUT2D eigenvalue weighted by Crippen LogP contribution is 2.25. The summed E-state index contributed by atoms with van der Waals surface area (Å²) in [5.41, 5.74) is 2.77. The van der Waals surface area contributed by atoms with E-state index in [0.29, 0.717) is 31.8 Å². The summed E-state index contributed by atoms with van der Waals surface area (Å²) in [5.74, 6) is 4.19. The number of hydrazine groups is 1. The molecule has 1 rings (SSSR count). The highest BCUT2D eigenvalue weighted by atomic mass is 19.1. The molecule has 19 heavy (non-hydrogen) atoms. The van der Waals surface area contributed by atoms with Gasteiger partial charge in [0.15, 0.2) is 0 Å². The van der Waals surface area contributed by atoms with E-state index >= 15 is 0 Å². The van der Waals surface area contributed by atoms with Gasteiger partial charge in [-0.3, -0.25) is 11.3 Å². The van der Waals surface area contributed by atoms with Crippen molar-refractivity contribution in [3.8, 4) is 0 Å². The largest absolute Gasteiger partial charge is 0.382 e. The number of halogens is 2. The van der Waals surface area contributed by atoms with Crippen LogP contribution in [0.15, 0.2) is 12.1 Å². The molecule has 1 aromatic carbocycles. The van der Waals surface area contributed by atoms with Crippen molar-refractivity contribution in [1.82, 2.24) is 5.43 Å². The Balaban J connectivity index is 2.67. The van der Waals surface area contributed by atoms with Gasteiger partial charge >= 0.3 is 0 Å². The average Bonchev–Trinajstić information content (AvgIpc) is 2.41. The van der Waals surface area contributed by atoms with Gasteiger partial charge in [0.2, 0.25) is 0 Å². The molecule has 1 aromatic rings. The van der Waals surface area contributed by atoms with Gasteiger partial charge < -0.3 is 9.47 Å². The van der Waals surface area contributed by atoms with Crippen LogP contribution in [0.3, 0.4) is 0 Å². The van der Waals surface area contributed by atoms with Crippen LogP contribution in [0.2, 0.25) is 0 Å². The number of hydrogen-bond donors (Lipinski definition) is 2. The van der Waals surface area contributed by atoms with Gasteiger partial charge in [-0.15, -0.1) is 0 Å². The Bertz CT molecular complexity index is 402. The van der Waals surface area contributed by atoms with Crippen molar-refractivity contribution < 1.29 is 18.3 Å². The third-order valence-electron chi connectivity index (χ3n) is 2.85. The SMILES string of the molecule is COCCOCCC(NN)c1c(F)ccc(C)c1F. The first-order valence-corrected chi connectivity index (χ1v) is 6.09. The summed E-state index contributed by atoms with van der Waals surface area (Å²) in [6, 6.07) is 2.02. The molecule has 0 saturated heterocycles. The fourth-order valence-electron chi connectivity index (χ4n) is 1.75. The van der Waals surface area contributed by atoms with E-state index in [1.165, 1.54) is 12.1 Å². The van der Waals surface area contributed by atoms with Crippen molar-refractivity contribution in [3.63, 3.8) is 0 Å². The zero-order valence-electron chi connectivity index (χ0n) is 11.2. The molecule has 1 atom stereocenters. The van der Waals surface area contributed by atoms with Crippen molar-refractivity contribution in [2.75, 3.05) is 26.9 Å². The number of rotatable bonds is 8. The second-order valence-electron chi connectivity index (χ2n) is 4.21. The monoisotopic (exact) mass is 274 g/mol. The van der Waals surface area contributed by atoms with Gasteiger partial charge in [0.05, 0.1) is 19.3 Å². The molecule has 0 aromatic heterocycles. The number of nitrogens with two attached hydrogens (primary N) is 1. The molecule has 0 aliphatic rings. The molecular weight excluding hydrogens is 254 g/mol. The molecule has 0 bridgehead atoms.